The number of esters is 1. The van der Waals surface area contributed by atoms with Gasteiger partial charge in [0.05, 0.1) is 11.0 Å². The Hall–Kier alpha value is -0.540. The first-order valence-electron chi connectivity index (χ1n) is 14.6. The molecule has 4 aliphatic carbocycles. The molecule has 0 saturated heterocycles. The van der Waals surface area contributed by atoms with Gasteiger partial charge < -0.3 is 9.84 Å². The lowest BCUT2D eigenvalue weighted by atomic mass is 9.43. The Labute approximate surface area is 219 Å². The van der Waals surface area contributed by atoms with Crippen LogP contribution in [0.5, 0.6) is 0 Å². The lowest BCUT2D eigenvalue weighted by Crippen LogP contribution is -2.67. The molecule has 0 spiro atoms. The summed E-state index contributed by atoms with van der Waals surface area (Å²) in [7, 11) is 0. The van der Waals surface area contributed by atoms with E-state index in [9.17, 15) is 9.90 Å². The van der Waals surface area contributed by atoms with Gasteiger partial charge in [0.15, 0.2) is 0 Å². The van der Waals surface area contributed by atoms with E-state index in [1.807, 2.05) is 0 Å². The maximum Gasteiger partial charge on any atom is 0.302 e. The number of hydrogen-bond acceptors (Lipinski definition) is 3. The van der Waals surface area contributed by atoms with Crippen LogP contribution in [0, 0.1) is 52.3 Å². The first-order chi connectivity index (χ1) is 16.4. The number of fused-ring (bicyclic) bond motifs is 5. The van der Waals surface area contributed by atoms with E-state index < -0.39 is 5.60 Å². The molecule has 4 heteroatoms. The molecule has 0 aliphatic heterocycles. The number of alkyl halides is 1. The molecule has 200 valence electrons. The largest absolute Gasteiger partial charge is 0.462 e. The summed E-state index contributed by atoms with van der Waals surface area (Å²) in [6.45, 7) is 15.8. The highest BCUT2D eigenvalue weighted by Gasteiger charge is 2.67. The number of carbonyl (C=O) groups is 1. The third-order valence-corrected chi connectivity index (χ3v) is 12.3. The van der Waals surface area contributed by atoms with Crippen molar-refractivity contribution in [3.63, 3.8) is 0 Å². The van der Waals surface area contributed by atoms with Gasteiger partial charge in [0.1, 0.15) is 6.10 Å². The minimum atomic E-state index is -0.956. The van der Waals surface area contributed by atoms with Crippen LogP contribution in [-0.4, -0.2) is 28.2 Å². The highest BCUT2D eigenvalue weighted by molar-refractivity contribution is 6.21. The first-order valence-corrected chi connectivity index (χ1v) is 15.0. The molecule has 3 nitrogen and oxygen atoms in total. The monoisotopic (exact) mass is 506 g/mol. The number of ether oxygens (including phenoxy) is 1. The van der Waals surface area contributed by atoms with Gasteiger partial charge in [-0.05, 0) is 98.2 Å². The normalized spacial score (nSPS) is 47.1. The molecule has 4 aliphatic rings. The van der Waals surface area contributed by atoms with Gasteiger partial charge in [-0.2, -0.15) is 0 Å². The number of allylic oxidation sites excluding steroid dienone is 2. The van der Waals surface area contributed by atoms with Crippen LogP contribution < -0.4 is 0 Å². The minimum absolute atomic E-state index is 0.199. The van der Waals surface area contributed by atoms with Gasteiger partial charge in [0.25, 0.3) is 0 Å². The molecule has 3 unspecified atom stereocenters. The summed E-state index contributed by atoms with van der Waals surface area (Å²) in [5.41, 5.74) is -0.792. The van der Waals surface area contributed by atoms with Crippen molar-refractivity contribution in [3.8, 4) is 0 Å². The van der Waals surface area contributed by atoms with Crippen molar-refractivity contribution in [1.82, 2.24) is 0 Å². The molecule has 0 aromatic heterocycles. The van der Waals surface area contributed by atoms with E-state index in [4.69, 9.17) is 16.3 Å². The van der Waals surface area contributed by atoms with Crippen molar-refractivity contribution in [2.75, 3.05) is 0 Å². The van der Waals surface area contributed by atoms with E-state index in [2.05, 4.69) is 53.7 Å². The molecule has 1 N–H and O–H groups in total. The van der Waals surface area contributed by atoms with Gasteiger partial charge in [-0.25, -0.2) is 0 Å². The van der Waals surface area contributed by atoms with Crippen molar-refractivity contribution < 1.29 is 14.6 Å². The molecule has 0 aromatic carbocycles. The van der Waals surface area contributed by atoms with Crippen molar-refractivity contribution >= 4 is 17.6 Å². The maximum atomic E-state index is 12.0. The van der Waals surface area contributed by atoms with E-state index in [0.29, 0.717) is 47.3 Å². The summed E-state index contributed by atoms with van der Waals surface area (Å²) in [6, 6.07) is 0. The number of carbonyl (C=O) groups excluding carboxylic acids is 1. The SMILES string of the molecule is CC[C@H](/C=C/[C@@H](C)[C@H]1CC[C@H]2[C@@H]3CC(Cl)C4(O)CC(OC(C)=O)CC[C@]4(C)[C@H]3CC[C@]12C)C(C)C. The summed E-state index contributed by atoms with van der Waals surface area (Å²) < 4.78 is 5.56. The molecule has 11 atom stereocenters. The molecule has 35 heavy (non-hydrogen) atoms. The Morgan fingerprint density at radius 3 is 2.43 bits per heavy atom. The Morgan fingerprint density at radius 2 is 1.80 bits per heavy atom. The molecule has 0 bridgehead atoms. The summed E-state index contributed by atoms with van der Waals surface area (Å²) in [5, 5.41) is 11.8. The molecule has 4 fully saturated rings. The van der Waals surface area contributed by atoms with Crippen LogP contribution in [0.1, 0.15) is 106 Å². The number of halogens is 1. The molecule has 4 rings (SSSR count). The standard InChI is InChI=1S/C31H51ClO3/c1-8-22(19(2)3)10-9-20(4)25-11-12-26-24-17-28(32)31(34)18-23(35-21(5)33)13-16-30(31,7)27(24)14-15-29(25,26)6/h9-10,19-20,22-28,34H,8,11-18H2,1-7H3/b10-9+/t20-,22-,23?,24+,25-,26+,27+,28?,29-,30-,31?/m1/s1. The van der Waals surface area contributed by atoms with Gasteiger partial charge >= 0.3 is 5.97 Å². The second-order valence-corrected chi connectivity index (χ2v) is 14.2. The fourth-order valence-corrected chi connectivity index (χ4v) is 10.3. The zero-order chi connectivity index (χ0) is 25.8. The Balaban J connectivity index is 1.54. The Bertz CT molecular complexity index is 809. The molecule has 0 radical (unpaired) electrons. The van der Waals surface area contributed by atoms with Crippen LogP contribution in [0.25, 0.3) is 0 Å². The minimum Gasteiger partial charge on any atom is -0.462 e. The second kappa shape index (κ2) is 9.97. The fraction of sp³-hybridized carbons (Fsp3) is 0.903. The quantitative estimate of drug-likeness (QED) is 0.227. The molecular formula is C31H51ClO3. The summed E-state index contributed by atoms with van der Waals surface area (Å²) >= 11 is 7.11. The van der Waals surface area contributed by atoms with E-state index in [1.165, 1.54) is 39.0 Å². The van der Waals surface area contributed by atoms with E-state index in [-0.39, 0.29) is 22.9 Å². The zero-order valence-corrected chi connectivity index (χ0v) is 24.1. The van der Waals surface area contributed by atoms with Crippen LogP contribution >= 0.6 is 11.6 Å². The summed E-state index contributed by atoms with van der Waals surface area (Å²) in [6.07, 6.45) is 14.2. The third kappa shape index (κ3) is 4.53. The topological polar surface area (TPSA) is 46.5 Å². The van der Waals surface area contributed by atoms with Crippen LogP contribution in [0.4, 0.5) is 0 Å². The lowest BCUT2D eigenvalue weighted by Gasteiger charge is -2.65. The van der Waals surface area contributed by atoms with Crippen LogP contribution in [-0.2, 0) is 9.53 Å². The third-order valence-electron chi connectivity index (χ3n) is 11.8. The van der Waals surface area contributed by atoms with Crippen molar-refractivity contribution in [3.05, 3.63) is 12.2 Å². The second-order valence-electron chi connectivity index (χ2n) is 13.7. The summed E-state index contributed by atoms with van der Waals surface area (Å²) in [4.78, 5) is 11.6. The number of rotatable bonds is 6. The maximum absolute atomic E-state index is 12.0. The molecule has 0 amide bonds. The van der Waals surface area contributed by atoms with Gasteiger partial charge in [0.2, 0.25) is 0 Å². The van der Waals surface area contributed by atoms with Crippen molar-refractivity contribution in [2.45, 2.75) is 123 Å². The number of hydrogen-bond donors (Lipinski definition) is 1. The number of aliphatic hydroxyl groups is 1. The predicted octanol–water partition coefficient (Wildman–Crippen LogP) is 7.78. The van der Waals surface area contributed by atoms with Gasteiger partial charge in [0, 0.05) is 18.8 Å². The average Bonchev–Trinajstić information content (AvgIpc) is 3.13. The van der Waals surface area contributed by atoms with E-state index in [0.717, 1.165) is 25.2 Å². The molecule has 4 saturated carbocycles. The molecule has 0 aromatic rings. The van der Waals surface area contributed by atoms with E-state index in [1.54, 1.807) is 0 Å². The average molecular weight is 507 g/mol. The van der Waals surface area contributed by atoms with Crippen LogP contribution in [0.2, 0.25) is 0 Å². The van der Waals surface area contributed by atoms with Gasteiger partial charge in [-0.15, -0.1) is 11.6 Å². The van der Waals surface area contributed by atoms with Gasteiger partial charge in [-0.3, -0.25) is 4.79 Å². The fourth-order valence-electron chi connectivity index (χ4n) is 9.71. The first kappa shape index (κ1) is 27.5. The smallest absolute Gasteiger partial charge is 0.302 e. The molecular weight excluding hydrogens is 456 g/mol. The predicted molar refractivity (Wildman–Crippen MR) is 144 cm³/mol. The van der Waals surface area contributed by atoms with E-state index >= 15 is 0 Å². The van der Waals surface area contributed by atoms with Crippen LogP contribution in [0.15, 0.2) is 12.2 Å². The lowest BCUT2D eigenvalue weighted by molar-refractivity contribution is -0.221. The Morgan fingerprint density at radius 1 is 1.09 bits per heavy atom. The van der Waals surface area contributed by atoms with Crippen molar-refractivity contribution in [1.29, 1.82) is 0 Å². The summed E-state index contributed by atoms with van der Waals surface area (Å²) in [5.74, 6) is 4.25. The van der Waals surface area contributed by atoms with Crippen molar-refractivity contribution in [2.24, 2.45) is 52.3 Å². The van der Waals surface area contributed by atoms with Crippen LogP contribution in [0.3, 0.4) is 0 Å². The molecule has 0 heterocycles. The van der Waals surface area contributed by atoms with Gasteiger partial charge in [-0.1, -0.05) is 53.7 Å². The highest BCUT2D eigenvalue weighted by atomic mass is 35.5. The Kier molecular flexibility index (Phi) is 7.83. The zero-order valence-electron chi connectivity index (χ0n) is 23.4. The highest BCUT2D eigenvalue weighted by Crippen LogP contribution is 2.69.